The number of hydrogen-bond donors (Lipinski definition) is 0. The molecule has 0 fully saturated rings. The van der Waals surface area contributed by atoms with Crippen LogP contribution in [0.1, 0.15) is 33.1 Å². The molecule has 1 rings (SSSR count). The van der Waals surface area contributed by atoms with Crippen LogP contribution in [0.2, 0.25) is 0 Å². The van der Waals surface area contributed by atoms with E-state index >= 15 is 0 Å². The topological polar surface area (TPSA) is 12.5 Å². The van der Waals surface area contributed by atoms with Gasteiger partial charge < -0.3 is 9.64 Å². The van der Waals surface area contributed by atoms with E-state index in [-0.39, 0.29) is 0 Å². The molecule has 0 aromatic heterocycles. The molecule has 90 valence electrons. The van der Waals surface area contributed by atoms with Crippen molar-refractivity contribution in [2.45, 2.75) is 33.1 Å². The van der Waals surface area contributed by atoms with E-state index in [0.717, 1.165) is 25.3 Å². The molecular formula is C14H23NO. The van der Waals surface area contributed by atoms with Gasteiger partial charge >= 0.3 is 0 Å². The normalized spacial score (nSPS) is 15.2. The van der Waals surface area contributed by atoms with Crippen molar-refractivity contribution in [3.63, 3.8) is 0 Å². The van der Waals surface area contributed by atoms with Crippen LogP contribution in [0.4, 0.5) is 0 Å². The first-order valence-corrected chi connectivity index (χ1v) is 6.19. The van der Waals surface area contributed by atoms with E-state index < -0.39 is 0 Å². The second-order valence-electron chi connectivity index (χ2n) is 4.00. The number of ether oxygens (including phenoxy) is 1. The Kier molecular flexibility index (Phi) is 5.76. The van der Waals surface area contributed by atoms with Crippen molar-refractivity contribution in [1.29, 1.82) is 0 Å². The first-order valence-electron chi connectivity index (χ1n) is 6.19. The van der Waals surface area contributed by atoms with E-state index in [1.165, 1.54) is 18.5 Å². The maximum atomic E-state index is 5.24. The van der Waals surface area contributed by atoms with Gasteiger partial charge in [-0.2, -0.15) is 0 Å². The molecule has 0 saturated heterocycles. The summed E-state index contributed by atoms with van der Waals surface area (Å²) in [6.07, 6.45) is 11.9. The zero-order chi connectivity index (χ0) is 11.8. The fraction of sp³-hybridized carbons (Fsp3) is 0.571. The van der Waals surface area contributed by atoms with Gasteiger partial charge in [0.1, 0.15) is 5.76 Å². The molecule has 0 unspecified atom stereocenters. The lowest BCUT2D eigenvalue weighted by atomic mass is 10.2. The minimum atomic E-state index is 0.954. The van der Waals surface area contributed by atoms with Crippen LogP contribution in [0.15, 0.2) is 35.8 Å². The third kappa shape index (κ3) is 3.76. The van der Waals surface area contributed by atoms with Crippen LogP contribution >= 0.6 is 0 Å². The summed E-state index contributed by atoms with van der Waals surface area (Å²) in [4.78, 5) is 2.45. The summed E-state index contributed by atoms with van der Waals surface area (Å²) < 4.78 is 5.24. The summed E-state index contributed by atoms with van der Waals surface area (Å²) in [6.45, 7) is 6.71. The van der Waals surface area contributed by atoms with E-state index in [1.54, 1.807) is 7.11 Å². The van der Waals surface area contributed by atoms with Crippen LogP contribution in [0, 0.1) is 0 Å². The van der Waals surface area contributed by atoms with Gasteiger partial charge in [-0.15, -0.1) is 0 Å². The van der Waals surface area contributed by atoms with E-state index in [2.05, 4.69) is 43.1 Å². The highest BCUT2D eigenvalue weighted by Gasteiger charge is 2.06. The van der Waals surface area contributed by atoms with Crippen molar-refractivity contribution < 1.29 is 4.74 Å². The number of nitrogens with zero attached hydrogens (tertiary/aromatic N) is 1. The highest BCUT2D eigenvalue weighted by molar-refractivity contribution is 5.28. The Hall–Kier alpha value is -1.18. The molecule has 0 aromatic carbocycles. The first kappa shape index (κ1) is 12.9. The summed E-state index contributed by atoms with van der Waals surface area (Å²) >= 11 is 0. The summed E-state index contributed by atoms with van der Waals surface area (Å²) in [7, 11) is 1.72. The predicted octanol–water partition coefficient (Wildman–Crippen LogP) is 3.48. The fourth-order valence-electron chi connectivity index (χ4n) is 1.90. The molecule has 1 aliphatic carbocycles. The zero-order valence-corrected chi connectivity index (χ0v) is 10.7. The first-order chi connectivity index (χ1) is 7.81. The third-order valence-corrected chi connectivity index (χ3v) is 2.65. The van der Waals surface area contributed by atoms with Gasteiger partial charge in [0.05, 0.1) is 7.11 Å². The van der Waals surface area contributed by atoms with Crippen LogP contribution in [0.3, 0.4) is 0 Å². The van der Waals surface area contributed by atoms with E-state index in [4.69, 9.17) is 4.74 Å². The maximum Gasteiger partial charge on any atom is 0.115 e. The second-order valence-corrected chi connectivity index (χ2v) is 4.00. The lowest BCUT2D eigenvalue weighted by Crippen LogP contribution is -2.23. The minimum Gasteiger partial charge on any atom is -0.497 e. The molecule has 1 aliphatic rings. The Morgan fingerprint density at radius 2 is 1.81 bits per heavy atom. The van der Waals surface area contributed by atoms with Crippen molar-refractivity contribution in [3.05, 3.63) is 35.8 Å². The van der Waals surface area contributed by atoms with Crippen LogP contribution in [-0.2, 0) is 4.74 Å². The van der Waals surface area contributed by atoms with Crippen molar-refractivity contribution in [1.82, 2.24) is 4.90 Å². The molecule has 2 heteroatoms. The van der Waals surface area contributed by atoms with Crippen LogP contribution < -0.4 is 0 Å². The molecular weight excluding hydrogens is 198 g/mol. The molecule has 0 amide bonds. The molecule has 0 radical (unpaired) electrons. The summed E-state index contributed by atoms with van der Waals surface area (Å²) in [5.74, 6) is 0.958. The summed E-state index contributed by atoms with van der Waals surface area (Å²) in [5, 5.41) is 0. The van der Waals surface area contributed by atoms with Gasteiger partial charge in [0.15, 0.2) is 0 Å². The summed E-state index contributed by atoms with van der Waals surface area (Å²) in [6, 6.07) is 0. The monoisotopic (exact) mass is 221 g/mol. The zero-order valence-electron chi connectivity index (χ0n) is 10.7. The van der Waals surface area contributed by atoms with Crippen LogP contribution in [0.25, 0.3) is 0 Å². The molecule has 0 heterocycles. The molecule has 0 spiro atoms. The fourth-order valence-corrected chi connectivity index (χ4v) is 1.90. The highest BCUT2D eigenvalue weighted by atomic mass is 16.5. The number of methoxy groups -OCH3 is 1. The lowest BCUT2D eigenvalue weighted by Gasteiger charge is -2.24. The Labute approximate surface area is 99.3 Å². The van der Waals surface area contributed by atoms with Gasteiger partial charge in [0, 0.05) is 18.8 Å². The largest absolute Gasteiger partial charge is 0.497 e. The standard InChI is InChI=1S/C14H23NO/c1-4-11-15(12-5-2)13-7-6-8-14(16-3)10-9-13/h7-10H,4-6,11-12H2,1-3H3. The Morgan fingerprint density at radius 1 is 1.12 bits per heavy atom. The predicted molar refractivity (Wildman–Crippen MR) is 69.1 cm³/mol. The van der Waals surface area contributed by atoms with Gasteiger partial charge in [-0.05, 0) is 37.5 Å². The average molecular weight is 221 g/mol. The number of hydrogen-bond acceptors (Lipinski definition) is 2. The molecule has 0 aromatic rings. The SMILES string of the molecule is CCCN(CCC)C1=CCC=C(OC)C=C1. The molecule has 0 aliphatic heterocycles. The van der Waals surface area contributed by atoms with Crippen molar-refractivity contribution in [2.24, 2.45) is 0 Å². The van der Waals surface area contributed by atoms with Gasteiger partial charge in [0.25, 0.3) is 0 Å². The third-order valence-electron chi connectivity index (χ3n) is 2.65. The molecule has 0 atom stereocenters. The Balaban J connectivity index is 2.68. The second kappa shape index (κ2) is 7.15. The number of allylic oxidation sites excluding steroid dienone is 4. The quantitative estimate of drug-likeness (QED) is 0.681. The van der Waals surface area contributed by atoms with Gasteiger partial charge in [0.2, 0.25) is 0 Å². The highest BCUT2D eigenvalue weighted by Crippen LogP contribution is 2.15. The van der Waals surface area contributed by atoms with E-state index in [1.807, 2.05) is 0 Å². The lowest BCUT2D eigenvalue weighted by molar-refractivity contribution is 0.305. The minimum absolute atomic E-state index is 0.954. The maximum absolute atomic E-state index is 5.24. The molecule has 2 nitrogen and oxygen atoms in total. The molecule has 0 bridgehead atoms. The summed E-state index contributed by atoms with van der Waals surface area (Å²) in [5.41, 5.74) is 1.33. The molecule has 16 heavy (non-hydrogen) atoms. The van der Waals surface area contributed by atoms with Crippen LogP contribution in [0.5, 0.6) is 0 Å². The van der Waals surface area contributed by atoms with Gasteiger partial charge in [-0.1, -0.05) is 19.9 Å². The molecule has 0 saturated carbocycles. The number of rotatable bonds is 6. The average Bonchev–Trinajstić information content (AvgIpc) is 2.53. The van der Waals surface area contributed by atoms with Gasteiger partial charge in [-0.25, -0.2) is 0 Å². The Bertz CT molecular complexity index is 283. The van der Waals surface area contributed by atoms with Gasteiger partial charge in [-0.3, -0.25) is 0 Å². The van der Waals surface area contributed by atoms with Crippen LogP contribution in [-0.4, -0.2) is 25.1 Å². The van der Waals surface area contributed by atoms with Crippen molar-refractivity contribution >= 4 is 0 Å². The Morgan fingerprint density at radius 3 is 2.38 bits per heavy atom. The van der Waals surface area contributed by atoms with Crippen molar-refractivity contribution in [2.75, 3.05) is 20.2 Å². The van der Waals surface area contributed by atoms with Crippen molar-refractivity contribution in [3.8, 4) is 0 Å². The molecule has 0 N–H and O–H groups in total. The van der Waals surface area contributed by atoms with E-state index in [9.17, 15) is 0 Å². The smallest absolute Gasteiger partial charge is 0.115 e. The van der Waals surface area contributed by atoms with E-state index in [0.29, 0.717) is 0 Å².